The number of halogens is 2. The first-order chi connectivity index (χ1) is 15.3. The largest absolute Gasteiger partial charge is 0.389 e. The number of carbonyl (C=O) groups excluding carboxylic acids is 1. The molecule has 0 spiro atoms. The molecule has 2 aromatic carbocycles. The Kier molecular flexibility index (Phi) is 5.59. The van der Waals surface area contributed by atoms with Crippen LogP contribution in [-0.4, -0.2) is 43.0 Å². The van der Waals surface area contributed by atoms with Crippen molar-refractivity contribution in [1.82, 2.24) is 15.2 Å². The molecular formula is C23H21F2N5OS. The van der Waals surface area contributed by atoms with Crippen LogP contribution in [0.5, 0.6) is 0 Å². The number of nitrogens with two attached hydrogens (primary N) is 1. The lowest BCUT2D eigenvalue weighted by Gasteiger charge is -2.18. The molecule has 164 valence electrons. The summed E-state index contributed by atoms with van der Waals surface area (Å²) in [6, 6.07) is 7.65. The van der Waals surface area contributed by atoms with Crippen molar-refractivity contribution in [3.63, 3.8) is 0 Å². The van der Waals surface area contributed by atoms with Crippen molar-refractivity contribution >= 4 is 43.2 Å². The van der Waals surface area contributed by atoms with E-state index >= 15 is 4.39 Å². The quantitative estimate of drug-likeness (QED) is 0.418. The number of aryl methyl sites for hydroxylation is 1. The van der Waals surface area contributed by atoms with Crippen molar-refractivity contribution in [1.29, 1.82) is 5.26 Å². The summed E-state index contributed by atoms with van der Waals surface area (Å²) in [5.74, 6) is -1.48. The fourth-order valence-electron chi connectivity index (χ4n) is 3.94. The molecule has 0 bridgehead atoms. The molecule has 9 heteroatoms. The van der Waals surface area contributed by atoms with Gasteiger partial charge in [0.15, 0.2) is 0 Å². The van der Waals surface area contributed by atoms with Crippen molar-refractivity contribution in [2.45, 2.75) is 6.92 Å². The van der Waals surface area contributed by atoms with Gasteiger partial charge in [-0.2, -0.15) is 5.26 Å². The molecule has 0 atom stereocenters. The number of amides is 1. The Balaban J connectivity index is 2.01. The number of hydrogen-bond acceptors (Lipinski definition) is 5. The minimum absolute atomic E-state index is 0.117. The Morgan fingerprint density at radius 1 is 1.31 bits per heavy atom. The molecule has 0 aliphatic rings. The van der Waals surface area contributed by atoms with Gasteiger partial charge in [0.25, 0.3) is 5.91 Å². The van der Waals surface area contributed by atoms with Crippen LogP contribution in [0.3, 0.4) is 0 Å². The lowest BCUT2D eigenvalue weighted by Crippen LogP contribution is -2.33. The summed E-state index contributed by atoms with van der Waals surface area (Å²) in [5, 5.41) is 13.5. The summed E-state index contributed by atoms with van der Waals surface area (Å²) < 4.78 is 30.3. The van der Waals surface area contributed by atoms with E-state index in [1.165, 1.54) is 23.1 Å². The number of rotatable bonds is 5. The van der Waals surface area contributed by atoms with Gasteiger partial charge in [-0.15, -0.1) is 11.3 Å². The first-order valence-electron chi connectivity index (χ1n) is 9.91. The Bertz CT molecular complexity index is 1420. The molecule has 4 N–H and O–H groups in total. The molecule has 2 heterocycles. The van der Waals surface area contributed by atoms with Gasteiger partial charge in [0.1, 0.15) is 22.7 Å². The lowest BCUT2D eigenvalue weighted by atomic mass is 9.94. The minimum Gasteiger partial charge on any atom is -0.389 e. The van der Waals surface area contributed by atoms with E-state index < -0.39 is 11.6 Å². The van der Waals surface area contributed by atoms with Crippen molar-refractivity contribution in [2.24, 2.45) is 0 Å². The molecule has 4 aromatic rings. The maximum atomic E-state index is 15.6. The zero-order chi connectivity index (χ0) is 23.2. The van der Waals surface area contributed by atoms with E-state index in [1.54, 1.807) is 20.2 Å². The fourth-order valence-corrected chi connectivity index (χ4v) is 4.89. The topological polar surface area (TPSA) is 97.9 Å². The number of H-pyrrole nitrogens is 1. The number of aromatic amines is 1. The van der Waals surface area contributed by atoms with E-state index in [1.807, 2.05) is 13.0 Å². The van der Waals surface area contributed by atoms with Crippen molar-refractivity contribution in [2.75, 3.05) is 32.9 Å². The Morgan fingerprint density at radius 3 is 2.75 bits per heavy atom. The molecule has 2 aromatic heterocycles. The van der Waals surface area contributed by atoms with Gasteiger partial charge in [0, 0.05) is 42.2 Å². The van der Waals surface area contributed by atoms with Crippen LogP contribution in [0, 0.1) is 29.9 Å². The summed E-state index contributed by atoms with van der Waals surface area (Å²) in [6.07, 6.45) is 0. The number of hydrogen-bond donors (Lipinski definition) is 3. The predicted octanol–water partition coefficient (Wildman–Crippen LogP) is 4.38. The lowest BCUT2D eigenvalue weighted by molar-refractivity contribution is 0.0798. The van der Waals surface area contributed by atoms with Gasteiger partial charge in [0.05, 0.1) is 21.3 Å². The molecule has 1 amide bonds. The number of fused-ring (bicyclic) bond motifs is 2. The SMILES string of the molecule is CNCCN(C)C(=O)c1cc(F)c(-c2ccc(F)c3sc(N)c(C#N)c23)c2cc(C)[nH]c12. The molecule has 32 heavy (non-hydrogen) atoms. The maximum absolute atomic E-state index is 15.6. The standard InChI is InChI=1S/C23H21F2N5OS/c1-11-8-13-18(12-4-5-16(24)21-19(12)15(10-26)22(27)32-21)17(25)9-14(20(13)29-11)23(31)30(3)7-6-28-2/h4-5,8-9,28-29H,6-7,27H2,1-3H3. The van der Waals surface area contributed by atoms with Crippen LogP contribution in [0.4, 0.5) is 13.8 Å². The second-order valence-electron chi connectivity index (χ2n) is 7.60. The first kappa shape index (κ1) is 21.7. The predicted molar refractivity (Wildman–Crippen MR) is 124 cm³/mol. The van der Waals surface area contributed by atoms with E-state index in [0.29, 0.717) is 29.6 Å². The second kappa shape index (κ2) is 8.22. The highest BCUT2D eigenvalue weighted by molar-refractivity contribution is 7.23. The zero-order valence-electron chi connectivity index (χ0n) is 17.8. The van der Waals surface area contributed by atoms with Gasteiger partial charge in [-0.25, -0.2) is 8.78 Å². The highest BCUT2D eigenvalue weighted by Crippen LogP contribution is 2.44. The average Bonchev–Trinajstić information content (AvgIpc) is 3.31. The molecule has 0 fully saturated rings. The minimum atomic E-state index is -0.636. The van der Waals surface area contributed by atoms with Gasteiger partial charge in [0.2, 0.25) is 0 Å². The van der Waals surface area contributed by atoms with Crippen molar-refractivity contribution in [3.05, 3.63) is 52.7 Å². The van der Waals surface area contributed by atoms with Gasteiger partial charge in [-0.3, -0.25) is 4.79 Å². The number of likely N-dealkylation sites (N-methyl/N-ethyl adjacent to an activating group) is 2. The summed E-state index contributed by atoms with van der Waals surface area (Å²) >= 11 is 0.958. The molecule has 0 aliphatic heterocycles. The molecule has 4 rings (SSSR count). The molecule has 0 aliphatic carbocycles. The van der Waals surface area contributed by atoms with E-state index in [4.69, 9.17) is 5.73 Å². The molecule has 0 saturated carbocycles. The number of nitrogens with one attached hydrogen (secondary N) is 2. The third-order valence-corrected chi connectivity index (χ3v) is 6.50. The summed E-state index contributed by atoms with van der Waals surface area (Å²) in [7, 11) is 3.44. The second-order valence-corrected chi connectivity index (χ2v) is 8.66. The van der Waals surface area contributed by atoms with Crippen LogP contribution in [0.1, 0.15) is 21.6 Å². The average molecular weight is 454 g/mol. The Hall–Kier alpha value is -3.48. The van der Waals surface area contributed by atoms with Crippen LogP contribution in [-0.2, 0) is 0 Å². The Morgan fingerprint density at radius 2 is 2.06 bits per heavy atom. The number of carbonyl (C=O) groups is 1. The van der Waals surface area contributed by atoms with Crippen LogP contribution >= 0.6 is 11.3 Å². The van der Waals surface area contributed by atoms with Crippen LogP contribution in [0.2, 0.25) is 0 Å². The van der Waals surface area contributed by atoms with E-state index in [0.717, 1.165) is 17.0 Å². The van der Waals surface area contributed by atoms with Crippen molar-refractivity contribution in [3.8, 4) is 17.2 Å². The van der Waals surface area contributed by atoms with Gasteiger partial charge >= 0.3 is 0 Å². The summed E-state index contributed by atoms with van der Waals surface area (Å²) in [6.45, 7) is 2.86. The fraction of sp³-hybridized carbons (Fsp3) is 0.217. The smallest absolute Gasteiger partial charge is 0.255 e. The number of benzene rings is 2. The summed E-state index contributed by atoms with van der Waals surface area (Å²) in [4.78, 5) is 17.7. The van der Waals surface area contributed by atoms with Crippen LogP contribution in [0.25, 0.3) is 32.1 Å². The monoisotopic (exact) mass is 453 g/mol. The number of nitrogen functional groups attached to an aromatic ring is 1. The molecule has 6 nitrogen and oxygen atoms in total. The van der Waals surface area contributed by atoms with Crippen LogP contribution < -0.4 is 11.1 Å². The summed E-state index contributed by atoms with van der Waals surface area (Å²) in [5.41, 5.74) is 8.04. The van der Waals surface area contributed by atoms with Gasteiger partial charge < -0.3 is 20.9 Å². The van der Waals surface area contributed by atoms with Gasteiger partial charge in [-0.05, 0) is 37.7 Å². The van der Waals surface area contributed by atoms with Crippen LogP contribution in [0.15, 0.2) is 24.3 Å². The number of thiophene rings is 1. The first-order valence-corrected chi connectivity index (χ1v) is 10.7. The molecule has 0 radical (unpaired) electrons. The third kappa shape index (κ3) is 3.38. The van der Waals surface area contributed by atoms with Gasteiger partial charge in [-0.1, -0.05) is 6.07 Å². The van der Waals surface area contributed by atoms with E-state index in [-0.39, 0.29) is 37.7 Å². The highest BCUT2D eigenvalue weighted by atomic mass is 32.1. The molecule has 0 unspecified atom stereocenters. The van der Waals surface area contributed by atoms with E-state index in [9.17, 15) is 14.4 Å². The highest BCUT2D eigenvalue weighted by Gasteiger charge is 2.25. The number of aromatic nitrogens is 1. The third-order valence-electron chi connectivity index (χ3n) is 5.47. The zero-order valence-corrected chi connectivity index (χ0v) is 18.6. The van der Waals surface area contributed by atoms with E-state index in [2.05, 4.69) is 10.3 Å². The number of nitriles is 1. The number of nitrogens with zero attached hydrogens (tertiary/aromatic N) is 2. The normalized spacial score (nSPS) is 11.2. The Labute approximate surface area is 187 Å². The maximum Gasteiger partial charge on any atom is 0.255 e. The molecule has 0 saturated heterocycles. The molecular weight excluding hydrogens is 432 g/mol. The van der Waals surface area contributed by atoms with Crippen molar-refractivity contribution < 1.29 is 13.6 Å². The number of anilines is 1.